The molecule has 2 fully saturated rings. The Morgan fingerprint density at radius 1 is 1.06 bits per heavy atom. The lowest BCUT2D eigenvalue weighted by Crippen LogP contribution is -2.63. The largest absolute Gasteiger partial charge is 0.314 e. The molecular weight excluding hydrogens is 220 g/mol. The third kappa shape index (κ3) is 2.60. The van der Waals surface area contributed by atoms with Crippen molar-refractivity contribution in [2.45, 2.75) is 96.3 Å². The number of hydrogen-bond acceptors (Lipinski definition) is 2. The van der Waals surface area contributed by atoms with Crippen molar-refractivity contribution >= 4 is 0 Å². The number of fused-ring (bicyclic) bond motifs is 2. The molecule has 2 rings (SSSR count). The number of nitrogens with one attached hydrogen (secondary N) is 1. The molecule has 2 atom stereocenters. The minimum atomic E-state index is 0.437. The predicted octanol–water partition coefficient (Wildman–Crippen LogP) is 3.56. The molecule has 18 heavy (non-hydrogen) atoms. The molecule has 0 aliphatic carbocycles. The fraction of sp³-hybridized carbons (Fsp3) is 1.00. The van der Waals surface area contributed by atoms with Crippen molar-refractivity contribution in [3.63, 3.8) is 0 Å². The highest BCUT2D eigenvalue weighted by Gasteiger charge is 2.44. The van der Waals surface area contributed by atoms with Crippen molar-refractivity contribution in [3.05, 3.63) is 0 Å². The van der Waals surface area contributed by atoms with Crippen molar-refractivity contribution in [1.29, 1.82) is 0 Å². The fourth-order valence-corrected chi connectivity index (χ4v) is 4.33. The van der Waals surface area contributed by atoms with E-state index in [2.05, 4.69) is 37.9 Å². The molecule has 1 N–H and O–H groups in total. The molecule has 0 aromatic carbocycles. The average molecular weight is 252 g/mol. The minimum absolute atomic E-state index is 0.437. The molecule has 2 heteroatoms. The van der Waals surface area contributed by atoms with Crippen LogP contribution in [0.5, 0.6) is 0 Å². The summed E-state index contributed by atoms with van der Waals surface area (Å²) in [4.78, 5) is 2.92. The van der Waals surface area contributed by atoms with E-state index in [1.54, 1.807) is 0 Å². The summed E-state index contributed by atoms with van der Waals surface area (Å²) >= 11 is 0. The van der Waals surface area contributed by atoms with E-state index in [0.717, 1.165) is 24.7 Å². The quantitative estimate of drug-likeness (QED) is 0.805. The van der Waals surface area contributed by atoms with Gasteiger partial charge in [0.05, 0.1) is 0 Å². The van der Waals surface area contributed by atoms with Crippen LogP contribution >= 0.6 is 0 Å². The summed E-state index contributed by atoms with van der Waals surface area (Å²) in [7, 11) is 0. The molecule has 0 aromatic heterocycles. The molecule has 2 saturated heterocycles. The van der Waals surface area contributed by atoms with Gasteiger partial charge in [0.15, 0.2) is 0 Å². The molecule has 2 aliphatic heterocycles. The lowest BCUT2D eigenvalue weighted by Gasteiger charge is -2.56. The summed E-state index contributed by atoms with van der Waals surface area (Å²) in [5, 5.41) is 3.69. The monoisotopic (exact) mass is 252 g/mol. The van der Waals surface area contributed by atoms with Crippen LogP contribution in [0.1, 0.15) is 72.6 Å². The Morgan fingerprint density at radius 2 is 1.61 bits per heavy atom. The normalized spacial score (nSPS) is 33.7. The van der Waals surface area contributed by atoms with E-state index in [0.29, 0.717) is 5.54 Å². The van der Waals surface area contributed by atoms with Gasteiger partial charge < -0.3 is 5.32 Å². The van der Waals surface area contributed by atoms with E-state index in [9.17, 15) is 0 Å². The van der Waals surface area contributed by atoms with Crippen LogP contribution in [0.15, 0.2) is 0 Å². The second-order valence-electron chi connectivity index (χ2n) is 6.58. The second-order valence-corrected chi connectivity index (χ2v) is 6.58. The van der Waals surface area contributed by atoms with Crippen molar-refractivity contribution < 1.29 is 0 Å². The van der Waals surface area contributed by atoms with E-state index in [1.807, 2.05) is 0 Å². The first-order valence-electron chi connectivity index (χ1n) is 8.16. The van der Waals surface area contributed by atoms with Crippen molar-refractivity contribution in [2.24, 2.45) is 0 Å². The van der Waals surface area contributed by atoms with E-state index in [-0.39, 0.29) is 0 Å². The van der Waals surface area contributed by atoms with Crippen molar-refractivity contribution in [3.8, 4) is 0 Å². The fourth-order valence-electron chi connectivity index (χ4n) is 4.33. The Labute approximate surface area is 114 Å². The molecule has 2 nitrogen and oxygen atoms in total. The smallest absolute Gasteiger partial charge is 0.0182 e. The molecule has 0 spiro atoms. The molecule has 0 aromatic rings. The molecule has 2 bridgehead atoms. The van der Waals surface area contributed by atoms with Gasteiger partial charge in [-0.2, -0.15) is 0 Å². The van der Waals surface area contributed by atoms with Crippen molar-refractivity contribution in [1.82, 2.24) is 10.2 Å². The van der Waals surface area contributed by atoms with Gasteiger partial charge in [-0.05, 0) is 52.0 Å². The highest BCUT2D eigenvalue weighted by molar-refractivity contribution is 5.01. The first-order valence-corrected chi connectivity index (χ1v) is 8.16. The van der Waals surface area contributed by atoms with Crippen LogP contribution in [0.4, 0.5) is 0 Å². The third-order valence-corrected chi connectivity index (χ3v) is 5.61. The SMILES string of the molecule is CCNC1CC2CCCC(C1)N2C(C)(CC)CC. The Kier molecular flexibility index (Phi) is 4.71. The number of rotatable bonds is 5. The van der Waals surface area contributed by atoms with Gasteiger partial charge in [-0.3, -0.25) is 4.90 Å². The molecular formula is C16H32N2. The standard InChI is InChI=1S/C16H32N2/c1-5-16(4,6-2)18-14-9-8-10-15(18)12-13(11-14)17-7-3/h13-15,17H,5-12H2,1-4H3. The van der Waals surface area contributed by atoms with Gasteiger partial charge in [0.2, 0.25) is 0 Å². The van der Waals surface area contributed by atoms with Crippen LogP contribution in [-0.2, 0) is 0 Å². The Hall–Kier alpha value is -0.0800. The predicted molar refractivity (Wildman–Crippen MR) is 79.0 cm³/mol. The Balaban J connectivity index is 2.13. The molecule has 0 amide bonds. The number of hydrogen-bond donors (Lipinski definition) is 1. The summed E-state index contributed by atoms with van der Waals surface area (Å²) in [6, 6.07) is 2.46. The minimum Gasteiger partial charge on any atom is -0.314 e. The van der Waals surface area contributed by atoms with Crippen LogP contribution < -0.4 is 5.32 Å². The zero-order valence-electron chi connectivity index (χ0n) is 12.8. The van der Waals surface area contributed by atoms with Gasteiger partial charge in [-0.1, -0.05) is 27.2 Å². The van der Waals surface area contributed by atoms with Crippen LogP contribution in [-0.4, -0.2) is 35.1 Å². The summed E-state index contributed by atoms with van der Waals surface area (Å²) in [5.41, 5.74) is 0.437. The zero-order chi connectivity index (χ0) is 13.2. The maximum atomic E-state index is 3.69. The molecule has 0 saturated carbocycles. The lowest BCUT2D eigenvalue weighted by molar-refractivity contribution is -0.0591. The number of nitrogens with zero attached hydrogens (tertiary/aromatic N) is 1. The van der Waals surface area contributed by atoms with Gasteiger partial charge in [0, 0.05) is 23.7 Å². The van der Waals surface area contributed by atoms with Gasteiger partial charge in [-0.15, -0.1) is 0 Å². The number of piperidine rings is 2. The summed E-state index contributed by atoms with van der Waals surface area (Å²) in [5.74, 6) is 0. The first-order chi connectivity index (χ1) is 8.64. The Bertz CT molecular complexity index is 246. The van der Waals surface area contributed by atoms with Gasteiger partial charge in [0.1, 0.15) is 0 Å². The molecule has 2 heterocycles. The molecule has 2 unspecified atom stereocenters. The molecule has 106 valence electrons. The van der Waals surface area contributed by atoms with E-state index in [4.69, 9.17) is 0 Å². The summed E-state index contributed by atoms with van der Waals surface area (Å²) < 4.78 is 0. The topological polar surface area (TPSA) is 15.3 Å². The Morgan fingerprint density at radius 3 is 2.06 bits per heavy atom. The summed E-state index contributed by atoms with van der Waals surface area (Å²) in [6.07, 6.45) is 9.64. The third-order valence-electron chi connectivity index (χ3n) is 5.61. The van der Waals surface area contributed by atoms with Crippen LogP contribution in [0, 0.1) is 0 Å². The maximum Gasteiger partial charge on any atom is 0.0182 e. The van der Waals surface area contributed by atoms with Crippen LogP contribution in [0.2, 0.25) is 0 Å². The highest BCUT2D eigenvalue weighted by atomic mass is 15.3. The zero-order valence-corrected chi connectivity index (χ0v) is 12.8. The van der Waals surface area contributed by atoms with Crippen LogP contribution in [0.25, 0.3) is 0 Å². The van der Waals surface area contributed by atoms with Crippen LogP contribution in [0.3, 0.4) is 0 Å². The van der Waals surface area contributed by atoms with Gasteiger partial charge in [-0.25, -0.2) is 0 Å². The molecule has 0 radical (unpaired) electrons. The summed E-state index contributed by atoms with van der Waals surface area (Å²) in [6.45, 7) is 10.6. The molecule has 2 aliphatic rings. The highest BCUT2D eigenvalue weighted by Crippen LogP contribution is 2.41. The van der Waals surface area contributed by atoms with Gasteiger partial charge >= 0.3 is 0 Å². The first kappa shape index (κ1) is 14.3. The maximum absolute atomic E-state index is 3.69. The lowest BCUT2D eigenvalue weighted by atomic mass is 9.76. The second kappa shape index (κ2) is 5.92. The van der Waals surface area contributed by atoms with E-state index >= 15 is 0 Å². The van der Waals surface area contributed by atoms with Crippen molar-refractivity contribution in [2.75, 3.05) is 6.54 Å². The average Bonchev–Trinajstić information content (AvgIpc) is 2.37. The van der Waals surface area contributed by atoms with E-state index < -0.39 is 0 Å². The van der Waals surface area contributed by atoms with E-state index in [1.165, 1.54) is 44.9 Å². The van der Waals surface area contributed by atoms with Gasteiger partial charge in [0.25, 0.3) is 0 Å².